The van der Waals surface area contributed by atoms with Crippen molar-refractivity contribution in [3.05, 3.63) is 173 Å². The van der Waals surface area contributed by atoms with Gasteiger partial charge >= 0.3 is 11.9 Å². The number of para-hydroxylation sites is 1. The van der Waals surface area contributed by atoms with Gasteiger partial charge in [0.25, 0.3) is 0 Å². The molecule has 2 saturated heterocycles. The van der Waals surface area contributed by atoms with Gasteiger partial charge in [0.15, 0.2) is 17.5 Å². The van der Waals surface area contributed by atoms with Gasteiger partial charge in [-0.3, -0.25) is 81.5 Å². The van der Waals surface area contributed by atoms with Gasteiger partial charge < -0.3 is 120 Å². The monoisotopic (exact) mass is 1900 g/mol. The number of benzene rings is 5. The number of carbonyl (C=O) groups is 18. The Bertz CT molecular complexity index is 5260. The number of aliphatic hydroxyl groups excluding tert-OH is 2. The summed E-state index contributed by atoms with van der Waals surface area (Å²) in [6, 6.07) is 7.99. The van der Waals surface area contributed by atoms with Crippen molar-refractivity contribution in [2.75, 3.05) is 52.3 Å². The van der Waals surface area contributed by atoms with Crippen molar-refractivity contribution in [3.63, 3.8) is 0 Å². The molecule has 0 aliphatic carbocycles. The van der Waals surface area contributed by atoms with Gasteiger partial charge in [0, 0.05) is 108 Å². The summed E-state index contributed by atoms with van der Waals surface area (Å²) in [7, 11) is 3.72. The number of aromatic nitrogens is 1. The van der Waals surface area contributed by atoms with E-state index in [9.17, 15) is 87.5 Å². The van der Waals surface area contributed by atoms with E-state index in [1.165, 1.54) is 44.6 Å². The third-order valence-electron chi connectivity index (χ3n) is 23.1. The number of likely N-dealkylation sites (N-methyl/N-ethyl adjacent to an activating group) is 3. The van der Waals surface area contributed by atoms with E-state index in [0.717, 1.165) is 31.5 Å². The van der Waals surface area contributed by atoms with Crippen LogP contribution < -0.4 is 59.7 Å². The van der Waals surface area contributed by atoms with Crippen LogP contribution in [0.4, 0.5) is 13.2 Å². The zero-order chi connectivity index (χ0) is 99.4. The second kappa shape index (κ2) is 50.3. The van der Waals surface area contributed by atoms with Crippen LogP contribution in [0.2, 0.25) is 0 Å². The molecule has 0 bridgehead atoms. The van der Waals surface area contributed by atoms with Gasteiger partial charge in [0.2, 0.25) is 88.6 Å². The number of primary amides is 2. The van der Waals surface area contributed by atoms with E-state index < -0.39 is 297 Å². The molecule has 3 heterocycles. The number of carboxylic acid groups (broad SMARTS) is 2. The number of hydrogen-bond donors (Lipinski definition) is 17. The Morgan fingerprint density at radius 3 is 1.60 bits per heavy atom. The van der Waals surface area contributed by atoms with Gasteiger partial charge in [-0.05, 0) is 76.9 Å². The number of carbonyl (C=O) groups excluding carboxylic acids is 16. The zero-order valence-corrected chi connectivity index (χ0v) is 75.8. The third-order valence-corrected chi connectivity index (χ3v) is 24.1. The average Bonchev–Trinajstić information content (AvgIpc) is 1.73. The van der Waals surface area contributed by atoms with Crippen molar-refractivity contribution in [2.45, 2.75) is 201 Å². The SMILES string of the molecule is CCCC[C@@H](C(=O)N1C[C@H](O)C[C@@H]1C(=O)N[C@H](C=O)CC(=O)O)N(C)C(=O)[C@H](Cc1ccccc1)N(C)C(=O)[C@H](Cc1cc(F)c(F)c(F)c1)NC(=O)CSC[C@H](NC(=O)[C@H](CC(=O)O)NC(=O)[C@H](Cc1ccc(O)cc1)NC(=O)[C@H](Cc1c[nH]c2ccccc12)NC(=O)[C@H]1C[C@@H](O)CN1C(=O)[C@H](CCC(N)=O)NC(=O)C(Cc1ccccc1)N(C)C(=O)[C@@H](N)C(C)C)C(=O)NCC(N)=O. The second-order valence-corrected chi connectivity index (χ2v) is 34.6. The summed E-state index contributed by atoms with van der Waals surface area (Å²) in [5, 5.41) is 72.1. The van der Waals surface area contributed by atoms with E-state index in [0.29, 0.717) is 57.9 Å². The molecule has 728 valence electrons. The first-order chi connectivity index (χ1) is 64.0. The molecule has 15 atom stereocenters. The first kappa shape index (κ1) is 106. The van der Waals surface area contributed by atoms with Crippen LogP contribution in [-0.2, 0) is 118 Å². The van der Waals surface area contributed by atoms with Crippen LogP contribution >= 0.6 is 11.8 Å². The van der Waals surface area contributed by atoms with Crippen LogP contribution in [0.5, 0.6) is 5.75 Å². The number of nitrogens with one attached hydrogen (secondary N) is 9. The van der Waals surface area contributed by atoms with E-state index >= 15 is 37.5 Å². The first-order valence-corrected chi connectivity index (χ1v) is 44.6. The van der Waals surface area contributed by atoms with Crippen molar-refractivity contribution in [3.8, 4) is 5.75 Å². The number of aromatic amines is 1. The zero-order valence-electron chi connectivity index (χ0n) is 75.0. The van der Waals surface area contributed by atoms with Crippen molar-refractivity contribution in [1.29, 1.82) is 0 Å². The molecule has 8 rings (SSSR count). The number of nitrogens with zero attached hydrogens (tertiary/aromatic N) is 5. The number of likely N-dealkylation sites (tertiary alicyclic amines) is 2. The van der Waals surface area contributed by atoms with Crippen LogP contribution in [0.1, 0.15) is 106 Å². The number of carboxylic acids is 2. The maximum atomic E-state index is 15.4. The highest BCUT2D eigenvalue weighted by molar-refractivity contribution is 8.00. The lowest BCUT2D eigenvalue weighted by Gasteiger charge is -2.37. The van der Waals surface area contributed by atoms with Gasteiger partial charge in [-0.15, -0.1) is 11.8 Å². The molecular weight excluding hydrogens is 1790 g/mol. The average molecular weight is 1900 g/mol. The normalized spacial score (nSPS) is 17.0. The molecule has 6 aromatic rings. The third kappa shape index (κ3) is 30.6. The number of H-pyrrole nitrogens is 1. The molecule has 40 nitrogen and oxygen atoms in total. The topological polar surface area (TPSA) is 615 Å². The number of halogens is 3. The largest absolute Gasteiger partial charge is 0.508 e. The van der Waals surface area contributed by atoms with Gasteiger partial charge in [0.1, 0.15) is 78.5 Å². The number of unbranched alkanes of at least 4 members (excludes halogenated alkanes) is 1. The maximum absolute atomic E-state index is 15.4. The Kier molecular flexibility index (Phi) is 39.7. The van der Waals surface area contributed by atoms with E-state index in [4.69, 9.17) is 17.2 Å². The van der Waals surface area contributed by atoms with Crippen molar-refractivity contribution in [2.24, 2.45) is 23.1 Å². The van der Waals surface area contributed by atoms with Crippen LogP contribution in [0.3, 0.4) is 0 Å². The van der Waals surface area contributed by atoms with Crippen LogP contribution in [0.15, 0.2) is 128 Å². The number of phenolic OH excluding ortho intramolecular Hbond substituents is 1. The number of amides is 15. The predicted octanol–water partition coefficient (Wildman–Crippen LogP) is -1.48. The lowest BCUT2D eigenvalue weighted by Crippen LogP contribution is -2.61. The van der Waals surface area contributed by atoms with Crippen molar-refractivity contribution in [1.82, 2.24) is 72.0 Å². The van der Waals surface area contributed by atoms with Crippen molar-refractivity contribution >= 4 is 129 Å². The van der Waals surface area contributed by atoms with E-state index in [1.807, 2.05) is 0 Å². The lowest BCUT2D eigenvalue weighted by molar-refractivity contribution is -0.152. The highest BCUT2D eigenvalue weighted by atomic mass is 32.2. The van der Waals surface area contributed by atoms with Crippen LogP contribution in [0.25, 0.3) is 10.9 Å². The molecule has 2 aliphatic rings. The smallest absolute Gasteiger partial charge is 0.305 e. The minimum Gasteiger partial charge on any atom is -0.508 e. The summed E-state index contributed by atoms with van der Waals surface area (Å²) >= 11 is 0.526. The fraction of sp³-hybridized carbons (Fsp3) is 0.451. The molecular formula is C91H114F3N17O23S. The molecule has 15 amide bonds. The summed E-state index contributed by atoms with van der Waals surface area (Å²) in [6.07, 6.45) is -6.45. The summed E-state index contributed by atoms with van der Waals surface area (Å²) in [5.41, 5.74) is 19.0. The molecule has 1 unspecified atom stereocenters. The van der Waals surface area contributed by atoms with Gasteiger partial charge in [0.05, 0.1) is 49.4 Å². The molecule has 0 saturated carbocycles. The number of hydrogen-bond acceptors (Lipinski definition) is 23. The number of thioether (sulfide) groups is 1. The number of β-amino-alcohol motifs (C(OH)–C–C–N with tert-alkyl or cyclic N) is 2. The molecule has 0 spiro atoms. The maximum Gasteiger partial charge on any atom is 0.305 e. The summed E-state index contributed by atoms with van der Waals surface area (Å²) in [5.74, 6) is -26.4. The van der Waals surface area contributed by atoms with Crippen LogP contribution in [-0.4, -0.2) is 305 Å². The Balaban J connectivity index is 1.05. The molecule has 2 aliphatic heterocycles. The molecule has 0 radical (unpaired) electrons. The molecule has 135 heavy (non-hydrogen) atoms. The van der Waals surface area contributed by atoms with Gasteiger partial charge in [-0.25, -0.2) is 13.2 Å². The summed E-state index contributed by atoms with van der Waals surface area (Å²) in [6.45, 7) is 3.30. The Labute approximate surface area is 778 Å². The molecule has 5 aromatic carbocycles. The number of aldehydes is 1. The number of aromatic hydroxyl groups is 1. The van der Waals surface area contributed by atoms with Gasteiger partial charge in [-0.1, -0.05) is 125 Å². The van der Waals surface area contributed by atoms with Crippen LogP contribution in [0, 0.1) is 23.4 Å². The summed E-state index contributed by atoms with van der Waals surface area (Å²) < 4.78 is 44.8. The van der Waals surface area contributed by atoms with Gasteiger partial charge in [-0.2, -0.15) is 0 Å². The number of phenols is 1. The number of fused-ring (bicyclic) bond motifs is 1. The molecule has 2 fully saturated rings. The van der Waals surface area contributed by atoms with E-state index in [2.05, 4.69) is 47.5 Å². The Morgan fingerprint density at radius 1 is 0.533 bits per heavy atom. The number of aliphatic hydroxyl groups is 2. The minimum absolute atomic E-state index is 0.0758. The molecule has 1 aromatic heterocycles. The summed E-state index contributed by atoms with van der Waals surface area (Å²) in [4.78, 5) is 260. The number of aliphatic carboxylic acids is 2. The standard InChI is InChI=1S/C91H114F3N17O23S/c1-7-8-23-68(90(133)111-44-57(115)38-70(111)85(128)100-54(45-112)37-76(119)120)107(4)89(132)72(35-50-19-13-10-14-20-50)109(6)87(130)66(33-52-30-59(92)78(94)60(93)31-52)101-75(118)47-135-46-67(80(123)99-42-74(96)117)106-83(126)65(40-77(121)122)104-81(124)63(32-51-24-26-55(113)27-25-51)103-82(125)64(36-53-41-98-61-22-16-15-21-58(53)61)105-86(129)71-39-56(114)43-110(71)88(131)62(28-29-73(95)116)102-84(127)69(34-49-17-11-9-12-18-49)108(5)91(134)79(97)48(2)3/h9-22,24-27,30-31,41,45,48,54,56-57,62-72,79,98,113-115H,7-8,23,28-29,32-40,42-44,46-47,97H2,1-6H3,(H2,95,116)(H2,96,117)(H,99,123)(H,100,128)(H,101,118)(H,102,127)(H,103,125)(H,104,124)(H,105,129)(H,106,126)(H,119,120)(H,121,122)/t54-,56+,57+,62-,63-,64-,65-,66-,67-,68-,69?,70+,71+,72-,79-/m0/s1. The van der Waals surface area contributed by atoms with E-state index in [1.54, 1.807) is 106 Å². The number of nitrogens with two attached hydrogens (primary N) is 3. The highest BCUT2D eigenvalue weighted by Gasteiger charge is 2.48. The minimum atomic E-state index is -2.21. The molecule has 20 N–H and O–H groups in total. The first-order valence-electron chi connectivity index (χ1n) is 43.5. The fourth-order valence-electron chi connectivity index (χ4n) is 15.7. The Hall–Kier alpha value is -13.9. The number of rotatable bonds is 50. The second-order valence-electron chi connectivity index (χ2n) is 33.6. The Morgan fingerprint density at radius 2 is 1.04 bits per heavy atom. The predicted molar refractivity (Wildman–Crippen MR) is 480 cm³/mol. The highest BCUT2D eigenvalue weighted by Crippen LogP contribution is 2.29. The van der Waals surface area contributed by atoms with E-state index in [-0.39, 0.29) is 55.6 Å². The fourth-order valence-corrected chi connectivity index (χ4v) is 16.5. The lowest BCUT2D eigenvalue weighted by atomic mass is 9.99. The molecule has 44 heteroatoms. The van der Waals surface area contributed by atoms with Crippen molar-refractivity contribution < 1.29 is 125 Å². The quantitative estimate of drug-likeness (QED) is 0.0153.